The summed E-state index contributed by atoms with van der Waals surface area (Å²) >= 11 is 0. The van der Waals surface area contributed by atoms with E-state index < -0.39 is 0 Å². The molecule has 0 saturated heterocycles. The van der Waals surface area contributed by atoms with E-state index in [1.807, 2.05) is 30.3 Å². The Morgan fingerprint density at radius 1 is 0.542 bits per heavy atom. The minimum Gasteiger partial charge on any atom is -0.247 e. The van der Waals surface area contributed by atoms with Crippen LogP contribution in [0.15, 0.2) is 140 Å². The van der Waals surface area contributed by atoms with Gasteiger partial charge in [-0.15, -0.1) is 0 Å². The molecule has 0 aliphatic heterocycles. The van der Waals surface area contributed by atoms with E-state index in [9.17, 15) is 4.39 Å². The predicted molar refractivity (Wildman–Crippen MR) is 197 cm³/mol. The van der Waals surface area contributed by atoms with E-state index in [1.165, 1.54) is 50.9 Å². The van der Waals surface area contributed by atoms with Crippen LogP contribution in [-0.4, -0.2) is 4.98 Å². The molecular formula is C45H29FN2. The number of fused-ring (bicyclic) bond motifs is 8. The molecule has 0 spiro atoms. The third-order valence-electron chi connectivity index (χ3n) is 10.1. The van der Waals surface area contributed by atoms with Crippen LogP contribution in [0.5, 0.6) is 0 Å². The Hall–Kier alpha value is -6.11. The molecule has 9 rings (SSSR count). The fourth-order valence-corrected chi connectivity index (χ4v) is 7.73. The third-order valence-corrected chi connectivity index (χ3v) is 10.1. The molecule has 8 aromatic rings. The summed E-state index contributed by atoms with van der Waals surface area (Å²) in [5, 5.41) is 5.62. The number of benzene rings is 7. The van der Waals surface area contributed by atoms with Crippen LogP contribution in [0, 0.1) is 12.4 Å². The fraction of sp³-hybridized carbons (Fsp3) is 0.0667. The van der Waals surface area contributed by atoms with Crippen molar-refractivity contribution in [1.82, 2.24) is 4.98 Å². The van der Waals surface area contributed by atoms with Crippen LogP contribution < -0.4 is 0 Å². The van der Waals surface area contributed by atoms with E-state index in [1.54, 1.807) is 0 Å². The summed E-state index contributed by atoms with van der Waals surface area (Å²) in [6.45, 7) is 12.0. The zero-order valence-corrected chi connectivity index (χ0v) is 26.6. The molecule has 1 aliphatic rings. The zero-order valence-electron chi connectivity index (χ0n) is 26.6. The number of halogens is 1. The first-order chi connectivity index (χ1) is 23.4. The molecule has 0 unspecified atom stereocenters. The first kappa shape index (κ1) is 28.1. The Morgan fingerprint density at radius 3 is 2.04 bits per heavy atom. The van der Waals surface area contributed by atoms with Gasteiger partial charge in [0.05, 0.1) is 17.8 Å². The summed E-state index contributed by atoms with van der Waals surface area (Å²) in [4.78, 5) is 8.75. The van der Waals surface area contributed by atoms with Crippen molar-refractivity contribution in [2.45, 2.75) is 19.3 Å². The highest BCUT2D eigenvalue weighted by atomic mass is 19.1. The van der Waals surface area contributed by atoms with Gasteiger partial charge in [-0.2, -0.15) is 0 Å². The van der Waals surface area contributed by atoms with Crippen molar-refractivity contribution in [2.24, 2.45) is 0 Å². The quantitative estimate of drug-likeness (QED) is 0.143. The minimum atomic E-state index is -0.259. The summed E-state index contributed by atoms with van der Waals surface area (Å²) < 4.78 is 13.9. The van der Waals surface area contributed by atoms with E-state index in [0.29, 0.717) is 5.69 Å². The van der Waals surface area contributed by atoms with Crippen molar-refractivity contribution >= 4 is 38.1 Å². The molecule has 0 atom stereocenters. The first-order valence-electron chi connectivity index (χ1n) is 16.2. The van der Waals surface area contributed by atoms with Crippen molar-refractivity contribution < 1.29 is 4.39 Å². The van der Waals surface area contributed by atoms with Gasteiger partial charge in [-0.3, -0.25) is 0 Å². The van der Waals surface area contributed by atoms with E-state index in [-0.39, 0.29) is 11.2 Å². The highest BCUT2D eigenvalue weighted by Crippen LogP contribution is 2.51. The number of hydrogen-bond donors (Lipinski definition) is 0. The molecule has 0 amide bonds. The molecular weight excluding hydrogens is 588 g/mol. The van der Waals surface area contributed by atoms with Crippen LogP contribution in [0.25, 0.3) is 81.9 Å². The molecule has 2 nitrogen and oxygen atoms in total. The van der Waals surface area contributed by atoms with Crippen molar-refractivity contribution in [3.63, 3.8) is 0 Å². The van der Waals surface area contributed by atoms with Gasteiger partial charge in [-0.05, 0) is 97.7 Å². The highest BCUT2D eigenvalue weighted by molar-refractivity contribution is 6.24. The molecule has 1 heterocycles. The van der Waals surface area contributed by atoms with E-state index >= 15 is 0 Å². The molecule has 0 N–H and O–H groups in total. The average Bonchev–Trinajstić information content (AvgIpc) is 3.36. The summed E-state index contributed by atoms with van der Waals surface area (Å²) in [6, 6.07) is 47.5. The number of aromatic nitrogens is 1. The van der Waals surface area contributed by atoms with Crippen molar-refractivity contribution in [3.8, 4) is 44.6 Å². The van der Waals surface area contributed by atoms with Crippen molar-refractivity contribution in [2.75, 3.05) is 0 Å². The predicted octanol–water partition coefficient (Wildman–Crippen LogP) is 12.5. The molecule has 0 radical (unpaired) electrons. The summed E-state index contributed by atoms with van der Waals surface area (Å²) in [5.74, 6) is -0.259. The zero-order chi connectivity index (χ0) is 32.6. The van der Waals surface area contributed by atoms with Crippen molar-refractivity contribution in [1.29, 1.82) is 0 Å². The Labute approximate surface area is 278 Å². The second kappa shape index (κ2) is 10.5. The lowest BCUT2D eigenvalue weighted by Crippen LogP contribution is -2.14. The second-order valence-corrected chi connectivity index (χ2v) is 13.2. The van der Waals surface area contributed by atoms with Crippen LogP contribution in [0.2, 0.25) is 0 Å². The molecule has 226 valence electrons. The van der Waals surface area contributed by atoms with Gasteiger partial charge in [0, 0.05) is 27.1 Å². The Bertz CT molecular complexity index is 2660. The number of pyridine rings is 1. The normalized spacial score (nSPS) is 13.0. The van der Waals surface area contributed by atoms with Gasteiger partial charge in [-0.25, -0.2) is 14.2 Å². The number of nitrogens with zero attached hydrogens (tertiary/aromatic N) is 2. The van der Waals surface area contributed by atoms with Gasteiger partial charge in [0.15, 0.2) is 5.69 Å². The molecule has 0 bridgehead atoms. The van der Waals surface area contributed by atoms with Gasteiger partial charge < -0.3 is 0 Å². The fourth-order valence-electron chi connectivity index (χ4n) is 7.73. The summed E-state index contributed by atoms with van der Waals surface area (Å²) in [7, 11) is 0. The number of rotatable bonds is 3. The first-order valence-corrected chi connectivity index (χ1v) is 16.2. The van der Waals surface area contributed by atoms with Gasteiger partial charge in [0.2, 0.25) is 0 Å². The van der Waals surface area contributed by atoms with Crippen LogP contribution in [-0.2, 0) is 5.41 Å². The van der Waals surface area contributed by atoms with Crippen molar-refractivity contribution in [3.05, 3.63) is 168 Å². The lowest BCUT2D eigenvalue weighted by Gasteiger charge is -2.22. The summed E-state index contributed by atoms with van der Waals surface area (Å²) in [5.41, 5.74) is 12.8. The van der Waals surface area contributed by atoms with E-state index in [4.69, 9.17) is 11.6 Å². The standard InChI is InChI=1S/C45H29FN2/c1-45(2)40-25-29(16-20-35(40)36-21-19-32(47-3)26-41(36)45)28-8-6-9-30(24-28)33-11-7-12-37-34(33)22-23-39-43(37)38-10-4-5-13-42(38)48-44(39)27-14-17-31(46)18-15-27/h4-26H,1-2H3. The molecule has 1 aromatic heterocycles. The second-order valence-electron chi connectivity index (χ2n) is 13.2. The Morgan fingerprint density at radius 2 is 1.21 bits per heavy atom. The SMILES string of the molecule is [C-]#[N+]c1ccc2c(c1)C(C)(C)c1cc(-c3cccc(-c4cccc5c4ccc4c(-c6ccc(F)cc6)nc6ccccc6c45)c3)ccc1-2. The van der Waals surface area contributed by atoms with E-state index in [0.717, 1.165) is 49.4 Å². The van der Waals surface area contributed by atoms with Crippen LogP contribution >= 0.6 is 0 Å². The smallest absolute Gasteiger partial charge is 0.187 e. The lowest BCUT2D eigenvalue weighted by atomic mass is 9.81. The van der Waals surface area contributed by atoms with Gasteiger partial charge in [0.25, 0.3) is 0 Å². The maximum absolute atomic E-state index is 13.9. The molecule has 0 saturated carbocycles. The van der Waals surface area contributed by atoms with Gasteiger partial charge in [-0.1, -0.05) is 111 Å². The molecule has 0 fully saturated rings. The highest BCUT2D eigenvalue weighted by Gasteiger charge is 2.35. The third kappa shape index (κ3) is 4.20. The summed E-state index contributed by atoms with van der Waals surface area (Å²) in [6.07, 6.45) is 0. The van der Waals surface area contributed by atoms with Gasteiger partial charge >= 0.3 is 0 Å². The maximum Gasteiger partial charge on any atom is 0.187 e. The van der Waals surface area contributed by atoms with E-state index in [2.05, 4.69) is 116 Å². The Kier molecular flexibility index (Phi) is 6.13. The lowest BCUT2D eigenvalue weighted by molar-refractivity contribution is 0.628. The molecule has 3 heteroatoms. The number of hydrogen-bond acceptors (Lipinski definition) is 1. The van der Waals surface area contributed by atoms with Crippen LogP contribution in [0.4, 0.5) is 10.1 Å². The topological polar surface area (TPSA) is 17.2 Å². The maximum atomic E-state index is 13.9. The Balaban J connectivity index is 1.20. The molecule has 48 heavy (non-hydrogen) atoms. The van der Waals surface area contributed by atoms with Crippen LogP contribution in [0.1, 0.15) is 25.0 Å². The number of para-hydroxylation sites is 1. The monoisotopic (exact) mass is 616 g/mol. The molecule has 1 aliphatic carbocycles. The average molecular weight is 617 g/mol. The molecule has 7 aromatic carbocycles. The largest absolute Gasteiger partial charge is 0.247 e. The minimum absolute atomic E-state index is 0.194. The van der Waals surface area contributed by atoms with Crippen LogP contribution in [0.3, 0.4) is 0 Å². The van der Waals surface area contributed by atoms with Gasteiger partial charge in [0.1, 0.15) is 5.82 Å².